The third kappa shape index (κ3) is 4.87. The molecule has 0 radical (unpaired) electrons. The zero-order valence-corrected chi connectivity index (χ0v) is 14.4. The van der Waals surface area contributed by atoms with Crippen molar-refractivity contribution in [1.82, 2.24) is 15.2 Å². The van der Waals surface area contributed by atoms with Crippen molar-refractivity contribution in [2.24, 2.45) is 0 Å². The number of rotatable bonds is 7. The largest absolute Gasteiger partial charge is 0.374 e. The average Bonchev–Trinajstić information content (AvgIpc) is 2.64. The van der Waals surface area contributed by atoms with E-state index in [0.29, 0.717) is 6.04 Å². The smallest absolute Gasteiger partial charge is 0.0855 e. The molecule has 1 aliphatic rings. The van der Waals surface area contributed by atoms with E-state index in [1.165, 1.54) is 11.1 Å². The number of hydrogen-bond donors (Lipinski definition) is 1. The van der Waals surface area contributed by atoms with Crippen molar-refractivity contribution in [1.29, 1.82) is 0 Å². The summed E-state index contributed by atoms with van der Waals surface area (Å²) in [6.45, 7) is 6.89. The number of nitrogens with one attached hydrogen (secondary N) is 1. The standard InChI is InChI=1S/C20H27N3O/c1-2-19(22-14-17-8-10-21-11-9-17)20-16-23(12-13-24-20)15-18-6-4-3-5-7-18/h3-11,19-20,22H,2,12-16H2,1H3. The van der Waals surface area contributed by atoms with Gasteiger partial charge in [-0.3, -0.25) is 9.88 Å². The molecule has 0 aliphatic carbocycles. The molecule has 24 heavy (non-hydrogen) atoms. The van der Waals surface area contributed by atoms with Gasteiger partial charge in [0.15, 0.2) is 0 Å². The van der Waals surface area contributed by atoms with Gasteiger partial charge in [0.25, 0.3) is 0 Å². The Morgan fingerprint density at radius 3 is 2.71 bits per heavy atom. The SMILES string of the molecule is CCC(NCc1ccncc1)C1CN(Cc2ccccc2)CCO1. The van der Waals surface area contributed by atoms with E-state index in [2.05, 4.69) is 64.6 Å². The van der Waals surface area contributed by atoms with Crippen LogP contribution < -0.4 is 5.32 Å². The van der Waals surface area contributed by atoms with Gasteiger partial charge < -0.3 is 10.1 Å². The van der Waals surface area contributed by atoms with Crippen molar-refractivity contribution in [3.05, 3.63) is 66.0 Å². The molecule has 2 unspecified atom stereocenters. The van der Waals surface area contributed by atoms with E-state index in [-0.39, 0.29) is 6.10 Å². The van der Waals surface area contributed by atoms with Crippen LogP contribution in [0.4, 0.5) is 0 Å². The quantitative estimate of drug-likeness (QED) is 0.849. The second-order valence-electron chi connectivity index (χ2n) is 6.38. The molecule has 2 atom stereocenters. The van der Waals surface area contributed by atoms with Crippen LogP contribution in [0.2, 0.25) is 0 Å². The van der Waals surface area contributed by atoms with Crippen LogP contribution in [-0.4, -0.2) is 41.7 Å². The molecule has 4 heteroatoms. The maximum Gasteiger partial charge on any atom is 0.0855 e. The first kappa shape index (κ1) is 17.1. The fourth-order valence-electron chi connectivity index (χ4n) is 3.25. The molecule has 0 amide bonds. The highest BCUT2D eigenvalue weighted by Crippen LogP contribution is 2.15. The van der Waals surface area contributed by atoms with Crippen LogP contribution in [-0.2, 0) is 17.8 Å². The second-order valence-corrected chi connectivity index (χ2v) is 6.38. The summed E-state index contributed by atoms with van der Waals surface area (Å²) in [5.41, 5.74) is 2.64. The van der Waals surface area contributed by atoms with E-state index in [1.807, 2.05) is 12.4 Å². The molecular formula is C20H27N3O. The van der Waals surface area contributed by atoms with Crippen LogP contribution in [0.1, 0.15) is 24.5 Å². The molecule has 0 spiro atoms. The monoisotopic (exact) mass is 325 g/mol. The van der Waals surface area contributed by atoms with Crippen molar-refractivity contribution in [3.63, 3.8) is 0 Å². The van der Waals surface area contributed by atoms with Crippen molar-refractivity contribution in [3.8, 4) is 0 Å². The number of hydrogen-bond acceptors (Lipinski definition) is 4. The Bertz CT molecular complexity index is 590. The predicted octanol–water partition coefficient (Wildman–Crippen LogP) is 2.85. The molecule has 1 aliphatic heterocycles. The number of benzene rings is 1. The summed E-state index contributed by atoms with van der Waals surface area (Å²) in [5, 5.41) is 3.66. The molecule has 1 aromatic heterocycles. The van der Waals surface area contributed by atoms with Gasteiger partial charge in [-0.15, -0.1) is 0 Å². The lowest BCUT2D eigenvalue weighted by atomic mass is 10.1. The molecule has 0 saturated carbocycles. The van der Waals surface area contributed by atoms with E-state index in [1.54, 1.807) is 0 Å². The maximum atomic E-state index is 6.07. The van der Waals surface area contributed by atoms with Crippen LogP contribution in [0, 0.1) is 0 Å². The summed E-state index contributed by atoms with van der Waals surface area (Å²) < 4.78 is 6.07. The number of ether oxygens (including phenoxy) is 1. The minimum atomic E-state index is 0.245. The highest BCUT2D eigenvalue weighted by molar-refractivity contribution is 5.14. The lowest BCUT2D eigenvalue weighted by molar-refractivity contribution is -0.0499. The third-order valence-electron chi connectivity index (χ3n) is 4.63. The first-order valence-corrected chi connectivity index (χ1v) is 8.85. The van der Waals surface area contributed by atoms with E-state index >= 15 is 0 Å². The van der Waals surface area contributed by atoms with Gasteiger partial charge in [-0.05, 0) is 29.7 Å². The number of aromatic nitrogens is 1. The van der Waals surface area contributed by atoms with Gasteiger partial charge in [-0.1, -0.05) is 37.3 Å². The summed E-state index contributed by atoms with van der Waals surface area (Å²) in [6, 6.07) is 15.2. The Hall–Kier alpha value is -1.75. The predicted molar refractivity (Wildman–Crippen MR) is 96.6 cm³/mol. The topological polar surface area (TPSA) is 37.4 Å². The molecule has 1 saturated heterocycles. The highest BCUT2D eigenvalue weighted by atomic mass is 16.5. The molecule has 1 fully saturated rings. The van der Waals surface area contributed by atoms with Crippen molar-refractivity contribution in [2.75, 3.05) is 19.7 Å². The molecule has 1 N–H and O–H groups in total. The maximum absolute atomic E-state index is 6.07. The summed E-state index contributed by atoms with van der Waals surface area (Å²) in [6.07, 6.45) is 5.00. The summed E-state index contributed by atoms with van der Waals surface area (Å²) in [4.78, 5) is 6.57. The first-order chi connectivity index (χ1) is 11.8. The summed E-state index contributed by atoms with van der Waals surface area (Å²) in [5.74, 6) is 0. The fourth-order valence-corrected chi connectivity index (χ4v) is 3.25. The summed E-state index contributed by atoms with van der Waals surface area (Å²) >= 11 is 0. The van der Waals surface area contributed by atoms with Gasteiger partial charge in [-0.25, -0.2) is 0 Å². The summed E-state index contributed by atoms with van der Waals surface area (Å²) in [7, 11) is 0. The van der Waals surface area contributed by atoms with Gasteiger partial charge >= 0.3 is 0 Å². The highest BCUT2D eigenvalue weighted by Gasteiger charge is 2.26. The zero-order valence-electron chi connectivity index (χ0n) is 14.4. The normalized spacial score (nSPS) is 20.0. The molecule has 3 rings (SSSR count). The van der Waals surface area contributed by atoms with Crippen LogP contribution in [0.15, 0.2) is 54.9 Å². The van der Waals surface area contributed by atoms with Crippen LogP contribution in [0.3, 0.4) is 0 Å². The van der Waals surface area contributed by atoms with Crippen molar-refractivity contribution in [2.45, 2.75) is 38.6 Å². The number of morpholine rings is 1. The van der Waals surface area contributed by atoms with Crippen LogP contribution in [0.25, 0.3) is 0 Å². The van der Waals surface area contributed by atoms with E-state index in [0.717, 1.165) is 39.2 Å². The Balaban J connectivity index is 1.53. The Kier molecular flexibility index (Phi) is 6.35. The van der Waals surface area contributed by atoms with E-state index < -0.39 is 0 Å². The van der Waals surface area contributed by atoms with Gasteiger partial charge in [0.2, 0.25) is 0 Å². The number of pyridine rings is 1. The molecule has 0 bridgehead atoms. The van der Waals surface area contributed by atoms with Crippen LogP contribution >= 0.6 is 0 Å². The third-order valence-corrected chi connectivity index (χ3v) is 4.63. The Morgan fingerprint density at radius 2 is 1.96 bits per heavy atom. The molecule has 2 heterocycles. The average molecular weight is 325 g/mol. The lowest BCUT2D eigenvalue weighted by Crippen LogP contribution is -2.51. The minimum absolute atomic E-state index is 0.245. The first-order valence-electron chi connectivity index (χ1n) is 8.85. The molecule has 4 nitrogen and oxygen atoms in total. The Morgan fingerprint density at radius 1 is 1.17 bits per heavy atom. The minimum Gasteiger partial charge on any atom is -0.374 e. The number of nitrogens with zero attached hydrogens (tertiary/aromatic N) is 2. The molecule has 2 aromatic rings. The van der Waals surface area contributed by atoms with Gasteiger partial charge in [0.05, 0.1) is 12.7 Å². The second kappa shape index (κ2) is 8.92. The zero-order chi connectivity index (χ0) is 16.6. The Labute approximate surface area is 144 Å². The van der Waals surface area contributed by atoms with Gasteiger partial charge in [0.1, 0.15) is 0 Å². The van der Waals surface area contributed by atoms with Crippen LogP contribution in [0.5, 0.6) is 0 Å². The van der Waals surface area contributed by atoms with Gasteiger partial charge in [-0.2, -0.15) is 0 Å². The van der Waals surface area contributed by atoms with Crippen molar-refractivity contribution < 1.29 is 4.74 Å². The fraction of sp³-hybridized carbons (Fsp3) is 0.450. The lowest BCUT2D eigenvalue weighted by Gasteiger charge is -2.37. The molecule has 1 aromatic carbocycles. The molecular weight excluding hydrogens is 298 g/mol. The van der Waals surface area contributed by atoms with Crippen molar-refractivity contribution >= 4 is 0 Å². The van der Waals surface area contributed by atoms with E-state index in [4.69, 9.17) is 4.74 Å². The van der Waals surface area contributed by atoms with Gasteiger partial charge in [0, 0.05) is 44.6 Å². The molecule has 128 valence electrons. The van der Waals surface area contributed by atoms with E-state index in [9.17, 15) is 0 Å².